The normalized spacial score (nSPS) is 18.2. The minimum absolute atomic E-state index is 0.00136. The highest BCUT2D eigenvalue weighted by atomic mass is 19.4. The van der Waals surface area contributed by atoms with Gasteiger partial charge in [-0.3, -0.25) is 29.3 Å². The highest BCUT2D eigenvalue weighted by Crippen LogP contribution is 2.40. The van der Waals surface area contributed by atoms with E-state index in [9.17, 15) is 22.8 Å². The molecule has 2 aromatic heterocycles. The number of alkyl halides is 3. The number of piperidine rings is 1. The molecule has 51 heavy (non-hydrogen) atoms. The first-order valence-corrected chi connectivity index (χ1v) is 16.9. The zero-order chi connectivity index (χ0) is 36.0. The van der Waals surface area contributed by atoms with Crippen molar-refractivity contribution >= 4 is 45.7 Å². The van der Waals surface area contributed by atoms with Crippen LogP contribution in [0.5, 0.6) is 5.75 Å². The standard InChI is InChI=1S/C34H40F4N10O3/c1-43-19-22(17-40-43)23-14-26(39)30(51-20-34(36,37)38)16-28(23)46-6-3-21(4-7-46)18-45-9-11-47(12-10-45)29-15-27-24(13-25(29)35)32(42-44(27)2)48-8-5-31(49)41-33(48)50/h13-17,19,21H,3-12,18,20,39H2,1-2H3,(H,41,49,50). The second kappa shape index (κ2) is 13.6. The van der Waals surface area contributed by atoms with Gasteiger partial charge in [-0.2, -0.15) is 23.4 Å². The molecule has 5 heterocycles. The summed E-state index contributed by atoms with van der Waals surface area (Å²) in [6.07, 6.45) is 1.01. The monoisotopic (exact) mass is 712 g/mol. The van der Waals surface area contributed by atoms with Crippen LogP contribution in [0.15, 0.2) is 36.7 Å². The lowest BCUT2D eigenvalue weighted by molar-refractivity contribution is -0.153. The Hall–Kier alpha value is -5.06. The Labute approximate surface area is 291 Å². The SMILES string of the molecule is Cn1cc(-c2cc(N)c(OCC(F)(F)F)cc2N2CCC(CN3CCN(c4cc5c(cc4F)c(N4CCC(=O)NC4=O)nn5C)CC3)CC2)cn1. The Morgan fingerprint density at radius 3 is 2.35 bits per heavy atom. The van der Waals surface area contributed by atoms with E-state index in [0.717, 1.165) is 49.3 Å². The molecule has 0 unspecified atom stereocenters. The second-order valence-corrected chi connectivity index (χ2v) is 13.5. The highest BCUT2D eigenvalue weighted by Gasteiger charge is 2.32. The van der Waals surface area contributed by atoms with Crippen molar-refractivity contribution in [1.82, 2.24) is 29.8 Å². The maximum atomic E-state index is 15.6. The number of aryl methyl sites for hydroxylation is 2. The topological polar surface area (TPSA) is 130 Å². The van der Waals surface area contributed by atoms with Crippen molar-refractivity contribution in [1.29, 1.82) is 0 Å². The number of nitrogens with one attached hydrogen (secondary N) is 1. The Morgan fingerprint density at radius 1 is 0.961 bits per heavy atom. The number of hydrogen-bond donors (Lipinski definition) is 2. The number of fused-ring (bicyclic) bond motifs is 1. The van der Waals surface area contributed by atoms with Gasteiger partial charge in [-0.25, -0.2) is 9.18 Å². The van der Waals surface area contributed by atoms with Crippen LogP contribution in [-0.4, -0.2) is 102 Å². The first kappa shape index (κ1) is 34.4. The lowest BCUT2D eigenvalue weighted by atomic mass is 9.94. The van der Waals surface area contributed by atoms with E-state index in [0.29, 0.717) is 54.5 Å². The number of aromatic nitrogens is 4. The fourth-order valence-corrected chi connectivity index (χ4v) is 7.27. The molecule has 3 amide bonds. The van der Waals surface area contributed by atoms with Gasteiger partial charge >= 0.3 is 12.2 Å². The van der Waals surface area contributed by atoms with E-state index in [1.54, 1.807) is 47.9 Å². The van der Waals surface area contributed by atoms with E-state index in [-0.39, 0.29) is 30.3 Å². The van der Waals surface area contributed by atoms with Gasteiger partial charge in [0.1, 0.15) is 11.6 Å². The van der Waals surface area contributed by atoms with Gasteiger partial charge in [-0.1, -0.05) is 0 Å². The first-order chi connectivity index (χ1) is 24.3. The third kappa shape index (κ3) is 7.25. The fraction of sp³-hybridized carbons (Fsp3) is 0.471. The number of nitrogen functional groups attached to an aromatic ring is 1. The van der Waals surface area contributed by atoms with Crippen LogP contribution >= 0.6 is 0 Å². The molecule has 272 valence electrons. The van der Waals surface area contributed by atoms with E-state index in [4.69, 9.17) is 10.5 Å². The number of nitrogens with zero attached hydrogens (tertiary/aromatic N) is 8. The second-order valence-electron chi connectivity index (χ2n) is 13.5. The number of carbonyl (C=O) groups excluding carboxylic acids is 2. The summed E-state index contributed by atoms with van der Waals surface area (Å²) < 4.78 is 62.9. The Bertz CT molecular complexity index is 1940. The number of urea groups is 1. The van der Waals surface area contributed by atoms with Crippen LogP contribution in [0.4, 0.5) is 45.2 Å². The molecule has 3 aliphatic heterocycles. The van der Waals surface area contributed by atoms with Gasteiger partial charge in [-0.15, -0.1) is 0 Å². The van der Waals surface area contributed by atoms with Crippen molar-refractivity contribution in [3.63, 3.8) is 0 Å². The van der Waals surface area contributed by atoms with E-state index in [1.807, 2.05) is 11.1 Å². The lowest BCUT2D eigenvalue weighted by Gasteiger charge is -2.40. The molecule has 2 aromatic carbocycles. The third-order valence-corrected chi connectivity index (χ3v) is 9.93. The summed E-state index contributed by atoms with van der Waals surface area (Å²) in [5, 5.41) is 11.5. The molecule has 4 aromatic rings. The van der Waals surface area contributed by atoms with Gasteiger partial charge in [-0.05, 0) is 37.0 Å². The summed E-state index contributed by atoms with van der Waals surface area (Å²) in [7, 11) is 3.55. The molecule has 3 saturated heterocycles. The van der Waals surface area contributed by atoms with Gasteiger partial charge in [0.25, 0.3) is 0 Å². The molecule has 7 rings (SSSR count). The molecule has 3 fully saturated rings. The molecule has 0 radical (unpaired) electrons. The highest BCUT2D eigenvalue weighted by molar-refractivity contribution is 6.09. The zero-order valence-electron chi connectivity index (χ0n) is 28.4. The predicted octanol–water partition coefficient (Wildman–Crippen LogP) is 4.12. The van der Waals surface area contributed by atoms with Crippen LogP contribution in [0.3, 0.4) is 0 Å². The van der Waals surface area contributed by atoms with E-state index in [1.165, 1.54) is 11.0 Å². The fourth-order valence-electron chi connectivity index (χ4n) is 7.27. The predicted molar refractivity (Wildman–Crippen MR) is 184 cm³/mol. The van der Waals surface area contributed by atoms with Gasteiger partial charge in [0.2, 0.25) is 5.91 Å². The van der Waals surface area contributed by atoms with Crippen molar-refractivity contribution in [3.05, 3.63) is 42.5 Å². The Morgan fingerprint density at radius 2 is 1.69 bits per heavy atom. The maximum absolute atomic E-state index is 15.6. The van der Waals surface area contributed by atoms with Crippen LogP contribution < -0.4 is 30.5 Å². The quantitative estimate of drug-likeness (QED) is 0.205. The first-order valence-electron chi connectivity index (χ1n) is 16.9. The minimum Gasteiger partial charge on any atom is -0.482 e. The largest absolute Gasteiger partial charge is 0.482 e. The molecule has 0 aliphatic carbocycles. The van der Waals surface area contributed by atoms with E-state index < -0.39 is 24.6 Å². The molecule has 0 bridgehead atoms. The van der Waals surface area contributed by atoms with Crippen LogP contribution in [0.2, 0.25) is 0 Å². The van der Waals surface area contributed by atoms with E-state index >= 15 is 4.39 Å². The van der Waals surface area contributed by atoms with Crippen LogP contribution in [0.25, 0.3) is 22.0 Å². The molecule has 0 saturated carbocycles. The van der Waals surface area contributed by atoms with Crippen LogP contribution in [0.1, 0.15) is 19.3 Å². The minimum atomic E-state index is -4.48. The average molecular weight is 713 g/mol. The van der Waals surface area contributed by atoms with Gasteiger partial charge in [0.15, 0.2) is 12.4 Å². The number of piperazine rings is 1. The van der Waals surface area contributed by atoms with Crippen LogP contribution in [-0.2, 0) is 18.9 Å². The molecule has 3 N–H and O–H groups in total. The smallest absolute Gasteiger partial charge is 0.422 e. The summed E-state index contributed by atoms with van der Waals surface area (Å²) in [6.45, 7) is 3.89. The molecular weight excluding hydrogens is 672 g/mol. The molecule has 17 heteroatoms. The van der Waals surface area contributed by atoms with Crippen LogP contribution in [0, 0.1) is 11.7 Å². The third-order valence-electron chi connectivity index (χ3n) is 9.93. The van der Waals surface area contributed by atoms with E-state index in [2.05, 4.69) is 25.3 Å². The number of halogens is 4. The molecule has 0 atom stereocenters. The number of ether oxygens (including phenoxy) is 1. The summed E-state index contributed by atoms with van der Waals surface area (Å²) in [6, 6.07) is 5.89. The molecule has 0 spiro atoms. The number of benzene rings is 2. The lowest BCUT2D eigenvalue weighted by Crippen LogP contribution is -2.49. The number of rotatable bonds is 8. The number of carbonyl (C=O) groups is 2. The van der Waals surface area contributed by atoms with Crippen molar-refractivity contribution in [2.24, 2.45) is 20.0 Å². The van der Waals surface area contributed by atoms with Crippen molar-refractivity contribution < 1.29 is 31.9 Å². The summed E-state index contributed by atoms with van der Waals surface area (Å²) >= 11 is 0. The summed E-state index contributed by atoms with van der Waals surface area (Å²) in [5.74, 6) is -0.00252. The van der Waals surface area contributed by atoms with Gasteiger partial charge < -0.3 is 20.3 Å². The maximum Gasteiger partial charge on any atom is 0.422 e. The average Bonchev–Trinajstić information content (AvgIpc) is 3.66. The molecule has 3 aliphatic rings. The number of amides is 3. The van der Waals surface area contributed by atoms with Crippen molar-refractivity contribution in [2.45, 2.75) is 25.4 Å². The number of hydrogen-bond acceptors (Lipinski definition) is 9. The van der Waals surface area contributed by atoms with Crippen molar-refractivity contribution in [2.75, 3.05) is 79.4 Å². The number of anilines is 4. The molecule has 13 nitrogen and oxygen atoms in total. The molecular formula is C34H40F4N10O3. The Balaban J connectivity index is 0.980. The summed E-state index contributed by atoms with van der Waals surface area (Å²) in [4.78, 5) is 32.0. The number of imide groups is 1. The van der Waals surface area contributed by atoms with Gasteiger partial charge in [0, 0.05) is 107 Å². The number of nitrogens with two attached hydrogens (primary N) is 1. The van der Waals surface area contributed by atoms with Crippen molar-refractivity contribution in [3.8, 4) is 16.9 Å². The zero-order valence-corrected chi connectivity index (χ0v) is 28.4. The Kier molecular flexibility index (Phi) is 9.16. The summed E-state index contributed by atoms with van der Waals surface area (Å²) in [5.41, 5.74) is 9.81. The van der Waals surface area contributed by atoms with Gasteiger partial charge in [0.05, 0.1) is 23.1 Å².